The first-order valence-electron chi connectivity index (χ1n) is 7.90. The van der Waals surface area contributed by atoms with Gasteiger partial charge in [0.05, 0.1) is 23.4 Å². The van der Waals surface area contributed by atoms with Crippen LogP contribution in [-0.4, -0.2) is 24.1 Å². The summed E-state index contributed by atoms with van der Waals surface area (Å²) in [5.74, 6) is 0.386. The second-order valence-electron chi connectivity index (χ2n) is 6.90. The van der Waals surface area contributed by atoms with Gasteiger partial charge >= 0.3 is 11.9 Å². The topological polar surface area (TPSA) is 52.6 Å². The van der Waals surface area contributed by atoms with Crippen molar-refractivity contribution in [2.24, 2.45) is 23.7 Å². The Morgan fingerprint density at radius 2 is 1.19 bits per heavy atom. The maximum Gasteiger partial charge on any atom is 0.335 e. The summed E-state index contributed by atoms with van der Waals surface area (Å²) >= 11 is 0. The monoisotopic (exact) mass is 294 g/mol. The van der Waals surface area contributed by atoms with Crippen LogP contribution in [0.3, 0.4) is 0 Å². The van der Waals surface area contributed by atoms with Gasteiger partial charge in [0.25, 0.3) is 0 Å². The molecule has 0 saturated heterocycles. The molecule has 1 saturated carbocycles. The molecule has 0 aromatic carbocycles. The summed E-state index contributed by atoms with van der Waals surface area (Å²) in [5, 5.41) is 0. The zero-order valence-electron chi connectivity index (χ0n) is 13.8. The number of esters is 2. The fraction of sp³-hybridized carbons (Fsp3) is 0.765. The Labute approximate surface area is 126 Å². The second kappa shape index (κ2) is 5.82. The Balaban J connectivity index is 2.37. The highest BCUT2D eigenvalue weighted by molar-refractivity contribution is 6.02. The summed E-state index contributed by atoms with van der Waals surface area (Å²) in [5.41, 5.74) is 1.15. The Morgan fingerprint density at radius 3 is 1.48 bits per heavy atom. The Bertz CT molecular complexity index is 433. The number of hydrogen-bond acceptors (Lipinski definition) is 4. The average molecular weight is 294 g/mol. The van der Waals surface area contributed by atoms with Crippen LogP contribution in [0, 0.1) is 23.7 Å². The smallest absolute Gasteiger partial charge is 0.335 e. The van der Waals surface area contributed by atoms with Gasteiger partial charge in [-0.1, -0.05) is 13.8 Å². The van der Waals surface area contributed by atoms with E-state index in [1.807, 2.05) is 27.7 Å². The number of carbonyl (C=O) groups is 2. The zero-order valence-corrected chi connectivity index (χ0v) is 13.8. The molecule has 2 rings (SSSR count). The van der Waals surface area contributed by atoms with Crippen molar-refractivity contribution in [3.8, 4) is 0 Å². The van der Waals surface area contributed by atoms with Crippen LogP contribution in [-0.2, 0) is 19.1 Å². The first-order valence-corrected chi connectivity index (χ1v) is 7.90. The first kappa shape index (κ1) is 16.1. The quantitative estimate of drug-likeness (QED) is 0.748. The molecule has 2 aliphatic carbocycles. The normalized spacial score (nSPS) is 31.2. The summed E-state index contributed by atoms with van der Waals surface area (Å²) in [4.78, 5) is 24.8. The Kier molecular flexibility index (Phi) is 4.45. The molecule has 0 heterocycles. The number of fused-ring (bicyclic) bond motifs is 2. The molecule has 4 unspecified atom stereocenters. The van der Waals surface area contributed by atoms with Gasteiger partial charge in [0, 0.05) is 0 Å². The summed E-state index contributed by atoms with van der Waals surface area (Å²) in [7, 11) is 0. The minimum absolute atomic E-state index is 0.131. The van der Waals surface area contributed by atoms with Crippen molar-refractivity contribution in [2.75, 3.05) is 0 Å². The van der Waals surface area contributed by atoms with E-state index in [2.05, 4.69) is 13.8 Å². The molecule has 0 aromatic rings. The molecule has 118 valence electrons. The van der Waals surface area contributed by atoms with Gasteiger partial charge in [0.1, 0.15) is 0 Å². The molecule has 1 fully saturated rings. The van der Waals surface area contributed by atoms with Gasteiger partial charge in [-0.3, -0.25) is 0 Å². The van der Waals surface area contributed by atoms with E-state index in [9.17, 15) is 9.59 Å². The van der Waals surface area contributed by atoms with Crippen LogP contribution in [0.1, 0.15) is 48.0 Å². The second-order valence-corrected chi connectivity index (χ2v) is 6.90. The maximum absolute atomic E-state index is 12.4. The van der Waals surface area contributed by atoms with Crippen LogP contribution in [0.15, 0.2) is 11.1 Å². The van der Waals surface area contributed by atoms with E-state index >= 15 is 0 Å². The fourth-order valence-electron chi connectivity index (χ4n) is 3.67. The molecule has 21 heavy (non-hydrogen) atoms. The molecule has 4 atom stereocenters. The third kappa shape index (κ3) is 2.85. The van der Waals surface area contributed by atoms with E-state index < -0.39 is 0 Å². The molecule has 4 nitrogen and oxygen atoms in total. The van der Waals surface area contributed by atoms with Crippen molar-refractivity contribution in [1.29, 1.82) is 0 Å². The van der Waals surface area contributed by atoms with Gasteiger partial charge in [-0.15, -0.1) is 0 Å². The standard InChI is InChI=1S/C17H26O4/c1-8(2)20-16(18)14-12-7-13(11(6)10(12)5)15(14)17(19)21-9(3)4/h8-13H,7H2,1-6H3. The molecule has 2 aliphatic rings. The maximum atomic E-state index is 12.4. The van der Waals surface area contributed by atoms with Crippen LogP contribution >= 0.6 is 0 Å². The van der Waals surface area contributed by atoms with Gasteiger partial charge < -0.3 is 9.47 Å². The number of rotatable bonds is 4. The summed E-state index contributed by atoms with van der Waals surface area (Å²) in [6.45, 7) is 11.6. The molecule has 0 spiro atoms. The van der Waals surface area contributed by atoms with Crippen molar-refractivity contribution >= 4 is 11.9 Å². The molecular weight excluding hydrogens is 268 g/mol. The minimum atomic E-state index is -0.341. The Hall–Kier alpha value is -1.32. The molecular formula is C17H26O4. The molecule has 4 heteroatoms. The highest BCUT2D eigenvalue weighted by Crippen LogP contribution is 2.55. The average Bonchev–Trinajstić information content (AvgIpc) is 2.85. The summed E-state index contributed by atoms with van der Waals surface area (Å²) in [6.07, 6.45) is 0.506. The van der Waals surface area contributed by atoms with E-state index in [0.717, 1.165) is 6.42 Å². The van der Waals surface area contributed by atoms with Gasteiger partial charge in [-0.2, -0.15) is 0 Å². The summed E-state index contributed by atoms with van der Waals surface area (Å²) in [6, 6.07) is 0. The molecule has 0 aliphatic heterocycles. The highest BCUT2D eigenvalue weighted by Gasteiger charge is 2.53. The highest BCUT2D eigenvalue weighted by atomic mass is 16.5. The van der Waals surface area contributed by atoms with Crippen LogP contribution in [0.25, 0.3) is 0 Å². The van der Waals surface area contributed by atoms with Crippen LogP contribution in [0.4, 0.5) is 0 Å². The van der Waals surface area contributed by atoms with Gasteiger partial charge in [-0.05, 0) is 57.8 Å². The Morgan fingerprint density at radius 1 is 0.857 bits per heavy atom. The molecule has 0 aromatic heterocycles. The lowest BCUT2D eigenvalue weighted by molar-refractivity contribution is -0.147. The van der Waals surface area contributed by atoms with Crippen LogP contribution in [0.2, 0.25) is 0 Å². The van der Waals surface area contributed by atoms with Gasteiger partial charge in [0.15, 0.2) is 0 Å². The predicted molar refractivity (Wildman–Crippen MR) is 79.4 cm³/mol. The fourth-order valence-corrected chi connectivity index (χ4v) is 3.67. The third-order valence-electron chi connectivity index (χ3n) is 4.76. The number of carbonyl (C=O) groups excluding carboxylic acids is 2. The van der Waals surface area contributed by atoms with Crippen molar-refractivity contribution < 1.29 is 19.1 Å². The lowest BCUT2D eigenvalue weighted by Crippen LogP contribution is -2.30. The van der Waals surface area contributed by atoms with Crippen LogP contribution in [0.5, 0.6) is 0 Å². The molecule has 0 amide bonds. The van der Waals surface area contributed by atoms with Crippen molar-refractivity contribution in [1.82, 2.24) is 0 Å². The molecule has 2 bridgehead atoms. The molecule has 0 N–H and O–H groups in total. The van der Waals surface area contributed by atoms with Crippen molar-refractivity contribution in [2.45, 2.75) is 60.2 Å². The number of ether oxygens (including phenoxy) is 2. The van der Waals surface area contributed by atoms with Crippen molar-refractivity contribution in [3.63, 3.8) is 0 Å². The van der Waals surface area contributed by atoms with Crippen molar-refractivity contribution in [3.05, 3.63) is 11.1 Å². The van der Waals surface area contributed by atoms with Gasteiger partial charge in [-0.25, -0.2) is 9.59 Å². The minimum Gasteiger partial charge on any atom is -0.460 e. The zero-order chi connectivity index (χ0) is 15.9. The van der Waals surface area contributed by atoms with E-state index in [-0.39, 0.29) is 36.0 Å². The van der Waals surface area contributed by atoms with E-state index in [1.165, 1.54) is 0 Å². The van der Waals surface area contributed by atoms with E-state index in [4.69, 9.17) is 9.47 Å². The first-order chi connectivity index (χ1) is 9.73. The number of hydrogen-bond donors (Lipinski definition) is 0. The molecule has 0 radical (unpaired) electrons. The third-order valence-corrected chi connectivity index (χ3v) is 4.76. The lowest BCUT2D eigenvalue weighted by Gasteiger charge is -2.28. The lowest BCUT2D eigenvalue weighted by atomic mass is 9.77. The largest absolute Gasteiger partial charge is 0.460 e. The van der Waals surface area contributed by atoms with E-state index in [1.54, 1.807) is 0 Å². The van der Waals surface area contributed by atoms with Crippen LogP contribution < -0.4 is 0 Å². The summed E-state index contributed by atoms with van der Waals surface area (Å²) < 4.78 is 10.7. The predicted octanol–water partition coefficient (Wildman–Crippen LogP) is 3.11. The van der Waals surface area contributed by atoms with Gasteiger partial charge in [0.2, 0.25) is 0 Å². The van der Waals surface area contributed by atoms with E-state index in [0.29, 0.717) is 23.0 Å². The SMILES string of the molecule is CC(C)OC(=O)C1=C(C(=O)OC(C)C)C2CC1C(C)C2C.